The van der Waals surface area contributed by atoms with Gasteiger partial charge in [-0.15, -0.1) is 0 Å². The van der Waals surface area contributed by atoms with E-state index in [4.69, 9.17) is 29.0 Å². The van der Waals surface area contributed by atoms with Crippen molar-refractivity contribution in [2.75, 3.05) is 0 Å². The SMILES string of the molecule is CCn1nc(C)cc1C(NN)c1cccc(Cl)c1Cl. The van der Waals surface area contributed by atoms with Crippen molar-refractivity contribution in [3.63, 3.8) is 0 Å². The number of nitrogens with zero attached hydrogens (tertiary/aromatic N) is 2. The zero-order valence-corrected chi connectivity index (χ0v) is 12.3. The molecule has 0 aliphatic heterocycles. The Labute approximate surface area is 122 Å². The van der Waals surface area contributed by atoms with Gasteiger partial charge in [-0.3, -0.25) is 10.5 Å². The summed E-state index contributed by atoms with van der Waals surface area (Å²) in [5, 5.41) is 5.44. The summed E-state index contributed by atoms with van der Waals surface area (Å²) in [6, 6.07) is 7.26. The van der Waals surface area contributed by atoms with Crippen LogP contribution in [0.5, 0.6) is 0 Å². The summed E-state index contributed by atoms with van der Waals surface area (Å²) in [5.74, 6) is 5.70. The minimum absolute atomic E-state index is 0.243. The number of halogens is 2. The van der Waals surface area contributed by atoms with Gasteiger partial charge in [0.25, 0.3) is 0 Å². The van der Waals surface area contributed by atoms with E-state index in [0.29, 0.717) is 10.0 Å². The van der Waals surface area contributed by atoms with Crippen LogP contribution >= 0.6 is 23.2 Å². The number of nitrogens with two attached hydrogens (primary N) is 1. The Morgan fingerprint density at radius 3 is 2.79 bits per heavy atom. The number of aryl methyl sites for hydroxylation is 2. The standard InChI is InChI=1S/C13H16Cl2N4/c1-3-19-11(7-8(2)18-19)13(17-16)9-5-4-6-10(14)12(9)15/h4-7,13,17H,3,16H2,1-2H3. The highest BCUT2D eigenvalue weighted by molar-refractivity contribution is 6.42. The van der Waals surface area contributed by atoms with E-state index in [1.54, 1.807) is 6.07 Å². The predicted octanol–water partition coefficient (Wildman–Crippen LogP) is 3.07. The smallest absolute Gasteiger partial charge is 0.0893 e. The summed E-state index contributed by atoms with van der Waals surface area (Å²) in [6.07, 6.45) is 0. The third kappa shape index (κ3) is 2.77. The van der Waals surface area contributed by atoms with Crippen molar-refractivity contribution in [1.82, 2.24) is 15.2 Å². The highest BCUT2D eigenvalue weighted by Gasteiger charge is 2.21. The van der Waals surface area contributed by atoms with Crippen LogP contribution in [-0.4, -0.2) is 9.78 Å². The van der Waals surface area contributed by atoms with Crippen LogP contribution in [-0.2, 0) is 6.54 Å². The molecule has 0 radical (unpaired) electrons. The van der Waals surface area contributed by atoms with Gasteiger partial charge in [-0.25, -0.2) is 5.43 Å². The molecule has 0 saturated heterocycles. The van der Waals surface area contributed by atoms with Gasteiger partial charge >= 0.3 is 0 Å². The maximum absolute atomic E-state index is 6.26. The fraction of sp³-hybridized carbons (Fsp3) is 0.308. The average molecular weight is 299 g/mol. The third-order valence-corrected chi connectivity index (χ3v) is 3.82. The van der Waals surface area contributed by atoms with Crippen LogP contribution in [0.4, 0.5) is 0 Å². The van der Waals surface area contributed by atoms with Crippen LogP contribution in [0.2, 0.25) is 10.0 Å². The average Bonchev–Trinajstić information content (AvgIpc) is 2.76. The van der Waals surface area contributed by atoms with Crippen LogP contribution < -0.4 is 11.3 Å². The van der Waals surface area contributed by atoms with Crippen molar-refractivity contribution in [1.29, 1.82) is 0 Å². The van der Waals surface area contributed by atoms with Gasteiger partial charge in [-0.2, -0.15) is 5.10 Å². The summed E-state index contributed by atoms with van der Waals surface area (Å²) in [6.45, 7) is 4.74. The molecule has 0 aliphatic carbocycles. The van der Waals surface area contributed by atoms with E-state index in [9.17, 15) is 0 Å². The maximum Gasteiger partial charge on any atom is 0.0893 e. The van der Waals surface area contributed by atoms with Gasteiger partial charge < -0.3 is 0 Å². The van der Waals surface area contributed by atoms with Gasteiger partial charge in [-0.05, 0) is 31.5 Å². The third-order valence-electron chi connectivity index (χ3n) is 2.99. The zero-order chi connectivity index (χ0) is 14.0. The Morgan fingerprint density at radius 2 is 2.16 bits per heavy atom. The number of rotatable bonds is 4. The number of nitrogens with one attached hydrogen (secondary N) is 1. The molecule has 0 fully saturated rings. The molecule has 1 atom stereocenters. The molecule has 0 aliphatic rings. The molecule has 19 heavy (non-hydrogen) atoms. The molecule has 102 valence electrons. The van der Waals surface area contributed by atoms with Gasteiger partial charge in [-0.1, -0.05) is 35.3 Å². The molecule has 2 aromatic rings. The van der Waals surface area contributed by atoms with Crippen molar-refractivity contribution in [2.45, 2.75) is 26.4 Å². The fourth-order valence-corrected chi connectivity index (χ4v) is 2.55. The molecule has 4 nitrogen and oxygen atoms in total. The van der Waals surface area contributed by atoms with Crippen LogP contribution in [0, 0.1) is 6.92 Å². The van der Waals surface area contributed by atoms with E-state index in [-0.39, 0.29) is 6.04 Å². The Bertz CT molecular complexity index is 580. The summed E-state index contributed by atoms with van der Waals surface area (Å²) < 4.78 is 1.90. The Hall–Kier alpha value is -1.07. The maximum atomic E-state index is 6.26. The second-order valence-corrected chi connectivity index (χ2v) is 5.05. The summed E-state index contributed by atoms with van der Waals surface area (Å²) in [5.41, 5.74) is 5.53. The first-order valence-corrected chi connectivity index (χ1v) is 6.78. The molecular formula is C13H16Cl2N4. The van der Waals surface area contributed by atoms with Crippen molar-refractivity contribution < 1.29 is 0 Å². The number of benzene rings is 1. The van der Waals surface area contributed by atoms with Crippen molar-refractivity contribution in [3.8, 4) is 0 Å². The summed E-state index contributed by atoms with van der Waals surface area (Å²) in [4.78, 5) is 0. The monoisotopic (exact) mass is 298 g/mol. The summed E-state index contributed by atoms with van der Waals surface area (Å²) in [7, 11) is 0. The highest BCUT2D eigenvalue weighted by Crippen LogP contribution is 2.33. The lowest BCUT2D eigenvalue weighted by molar-refractivity contribution is 0.542. The molecule has 1 aromatic carbocycles. The largest absolute Gasteiger partial charge is 0.271 e. The second-order valence-electron chi connectivity index (χ2n) is 4.27. The van der Waals surface area contributed by atoms with Crippen LogP contribution in [0.25, 0.3) is 0 Å². The van der Waals surface area contributed by atoms with Crippen molar-refractivity contribution >= 4 is 23.2 Å². The van der Waals surface area contributed by atoms with Crippen molar-refractivity contribution in [2.24, 2.45) is 5.84 Å². The molecule has 0 bridgehead atoms. The van der Waals surface area contributed by atoms with Crippen LogP contribution in [0.15, 0.2) is 24.3 Å². The van der Waals surface area contributed by atoms with E-state index >= 15 is 0 Å². The minimum atomic E-state index is -0.243. The van der Waals surface area contributed by atoms with Crippen LogP contribution in [0.1, 0.15) is 29.9 Å². The van der Waals surface area contributed by atoms with Crippen LogP contribution in [0.3, 0.4) is 0 Å². The second kappa shape index (κ2) is 5.92. The minimum Gasteiger partial charge on any atom is -0.271 e. The molecule has 6 heteroatoms. The van der Waals surface area contributed by atoms with E-state index in [0.717, 1.165) is 23.5 Å². The lowest BCUT2D eigenvalue weighted by Gasteiger charge is -2.19. The number of hydrazine groups is 1. The Kier molecular flexibility index (Phi) is 4.47. The first kappa shape index (κ1) is 14.3. The Balaban J connectivity index is 2.53. The molecular weight excluding hydrogens is 283 g/mol. The Morgan fingerprint density at radius 1 is 1.42 bits per heavy atom. The molecule has 2 rings (SSSR count). The quantitative estimate of drug-likeness (QED) is 0.674. The molecule has 0 spiro atoms. The number of hydrogen-bond acceptors (Lipinski definition) is 3. The predicted molar refractivity (Wildman–Crippen MR) is 78.3 cm³/mol. The molecule has 0 amide bonds. The first-order chi connectivity index (χ1) is 9.08. The lowest BCUT2D eigenvalue weighted by atomic mass is 10.0. The highest BCUT2D eigenvalue weighted by atomic mass is 35.5. The van der Waals surface area contributed by atoms with E-state index in [2.05, 4.69) is 10.5 Å². The molecule has 1 aromatic heterocycles. The summed E-state index contributed by atoms with van der Waals surface area (Å²) >= 11 is 12.3. The van der Waals surface area contributed by atoms with Gasteiger partial charge in [0, 0.05) is 6.54 Å². The van der Waals surface area contributed by atoms with E-state index < -0.39 is 0 Å². The fourth-order valence-electron chi connectivity index (χ4n) is 2.13. The lowest BCUT2D eigenvalue weighted by Crippen LogP contribution is -2.31. The van der Waals surface area contributed by atoms with E-state index in [1.165, 1.54) is 0 Å². The topological polar surface area (TPSA) is 55.9 Å². The zero-order valence-electron chi connectivity index (χ0n) is 10.8. The van der Waals surface area contributed by atoms with Gasteiger partial charge in [0.15, 0.2) is 0 Å². The molecule has 3 N–H and O–H groups in total. The van der Waals surface area contributed by atoms with Gasteiger partial charge in [0.05, 0.1) is 27.5 Å². The van der Waals surface area contributed by atoms with Gasteiger partial charge in [0.1, 0.15) is 0 Å². The molecule has 0 saturated carbocycles. The normalized spacial score (nSPS) is 12.7. The van der Waals surface area contributed by atoms with E-state index in [1.807, 2.05) is 36.7 Å². The number of hydrogen-bond donors (Lipinski definition) is 2. The van der Waals surface area contributed by atoms with Gasteiger partial charge in [0.2, 0.25) is 0 Å². The first-order valence-electron chi connectivity index (χ1n) is 6.02. The molecule has 1 heterocycles. The molecule has 1 unspecified atom stereocenters. The van der Waals surface area contributed by atoms with Crippen molar-refractivity contribution in [3.05, 3.63) is 51.3 Å². The number of aromatic nitrogens is 2.